The third-order valence-electron chi connectivity index (χ3n) is 2.75. The highest BCUT2D eigenvalue weighted by Crippen LogP contribution is 1.94. The topological polar surface area (TPSA) is 58.4 Å². The Kier molecular flexibility index (Phi) is 11.0. The second kappa shape index (κ2) is 11.6. The number of nitrogens with zero attached hydrogens (tertiary/aromatic N) is 2. The summed E-state index contributed by atoms with van der Waals surface area (Å²) < 4.78 is 1.74. The number of halogens is 1. The number of hydrogen-bond donors (Lipinski definition) is 2. The number of pyridine rings is 1. The summed E-state index contributed by atoms with van der Waals surface area (Å²) in [4.78, 5) is 16.0. The first-order chi connectivity index (χ1) is 9.63. The van der Waals surface area contributed by atoms with E-state index in [1.807, 2.05) is 12.3 Å². The van der Waals surface area contributed by atoms with E-state index in [0.29, 0.717) is 6.04 Å². The normalized spacial score (nSPS) is 11.1. The number of rotatable bonds is 7. The van der Waals surface area contributed by atoms with Crippen LogP contribution in [0.15, 0.2) is 34.2 Å². The molecule has 2 N–H and O–H groups in total. The van der Waals surface area contributed by atoms with E-state index < -0.39 is 0 Å². The minimum absolute atomic E-state index is 0. The Morgan fingerprint density at radius 2 is 2.10 bits per heavy atom. The molecule has 5 nitrogen and oxygen atoms in total. The van der Waals surface area contributed by atoms with E-state index >= 15 is 0 Å². The molecule has 120 valence electrons. The van der Waals surface area contributed by atoms with Gasteiger partial charge >= 0.3 is 0 Å². The number of aryl methyl sites for hydroxylation is 1. The lowest BCUT2D eigenvalue weighted by atomic mass is 10.3. The van der Waals surface area contributed by atoms with Crippen molar-refractivity contribution >= 4 is 29.9 Å². The van der Waals surface area contributed by atoms with E-state index in [9.17, 15) is 4.79 Å². The number of hydrogen-bond acceptors (Lipinski definition) is 2. The Balaban J connectivity index is 0.00000400. The molecule has 1 aromatic heterocycles. The lowest BCUT2D eigenvalue weighted by Gasteiger charge is -2.13. The molecule has 0 aliphatic rings. The van der Waals surface area contributed by atoms with Crippen LogP contribution in [0.2, 0.25) is 0 Å². The predicted octanol–water partition coefficient (Wildman–Crippen LogP) is 2.21. The highest BCUT2D eigenvalue weighted by atomic mass is 127. The van der Waals surface area contributed by atoms with Crippen LogP contribution in [-0.4, -0.2) is 29.7 Å². The van der Waals surface area contributed by atoms with Crippen LogP contribution in [0.3, 0.4) is 0 Å². The molecule has 0 unspecified atom stereocenters. The lowest BCUT2D eigenvalue weighted by molar-refractivity contribution is 0.596. The zero-order valence-corrected chi connectivity index (χ0v) is 15.5. The molecule has 21 heavy (non-hydrogen) atoms. The molecule has 0 saturated heterocycles. The molecule has 0 atom stereocenters. The van der Waals surface area contributed by atoms with Gasteiger partial charge in [-0.1, -0.05) is 6.07 Å². The molecule has 0 spiro atoms. The molecule has 6 heteroatoms. The van der Waals surface area contributed by atoms with Crippen molar-refractivity contribution in [1.29, 1.82) is 0 Å². The van der Waals surface area contributed by atoms with E-state index in [-0.39, 0.29) is 29.5 Å². The fraction of sp³-hybridized carbons (Fsp3) is 0.600. The van der Waals surface area contributed by atoms with E-state index in [1.54, 1.807) is 16.7 Å². The Hall–Kier alpha value is -1.05. The number of aliphatic imine (C=N–C) groups is 1. The lowest BCUT2D eigenvalue weighted by Crippen LogP contribution is -2.41. The number of unbranched alkanes of at least 4 members (excludes halogenated alkanes) is 1. The van der Waals surface area contributed by atoms with Gasteiger partial charge in [-0.05, 0) is 39.7 Å². The van der Waals surface area contributed by atoms with Gasteiger partial charge < -0.3 is 15.2 Å². The second-order valence-electron chi connectivity index (χ2n) is 5.00. The van der Waals surface area contributed by atoms with Crippen molar-refractivity contribution in [3.63, 3.8) is 0 Å². The fourth-order valence-corrected chi connectivity index (χ4v) is 1.82. The van der Waals surface area contributed by atoms with Gasteiger partial charge in [-0.15, -0.1) is 24.0 Å². The minimum atomic E-state index is 0. The first kappa shape index (κ1) is 19.9. The zero-order chi connectivity index (χ0) is 14.8. The van der Waals surface area contributed by atoms with Gasteiger partial charge in [-0.2, -0.15) is 0 Å². The van der Waals surface area contributed by atoms with Crippen LogP contribution in [0.5, 0.6) is 0 Å². The smallest absolute Gasteiger partial charge is 0.250 e. The van der Waals surface area contributed by atoms with Crippen molar-refractivity contribution < 1.29 is 0 Å². The maximum Gasteiger partial charge on any atom is 0.250 e. The molecular formula is C15H27IN4O. The van der Waals surface area contributed by atoms with Gasteiger partial charge in [0.05, 0.1) is 0 Å². The van der Waals surface area contributed by atoms with Crippen molar-refractivity contribution in [2.24, 2.45) is 4.99 Å². The SMILES string of the molecule is CCNC(=NCCCCn1ccccc1=O)NC(C)C.I. The summed E-state index contributed by atoms with van der Waals surface area (Å²) >= 11 is 0. The number of nitrogens with one attached hydrogen (secondary N) is 2. The largest absolute Gasteiger partial charge is 0.357 e. The van der Waals surface area contributed by atoms with Crippen molar-refractivity contribution in [1.82, 2.24) is 15.2 Å². The molecule has 0 aliphatic carbocycles. The zero-order valence-electron chi connectivity index (χ0n) is 13.1. The van der Waals surface area contributed by atoms with Crippen LogP contribution in [0, 0.1) is 0 Å². The van der Waals surface area contributed by atoms with Gasteiger partial charge in [0.25, 0.3) is 0 Å². The standard InChI is InChI=1S/C15H26N4O.HI/c1-4-16-15(18-13(2)3)17-10-6-8-12-19-11-7-5-9-14(19)20;/h5,7,9,11,13H,4,6,8,10,12H2,1-3H3,(H2,16,17,18);1H. The third-order valence-corrected chi connectivity index (χ3v) is 2.75. The minimum Gasteiger partial charge on any atom is -0.357 e. The van der Waals surface area contributed by atoms with Gasteiger partial charge in [-0.3, -0.25) is 9.79 Å². The van der Waals surface area contributed by atoms with Crippen molar-refractivity contribution in [3.8, 4) is 0 Å². The number of aromatic nitrogens is 1. The molecule has 0 saturated carbocycles. The Morgan fingerprint density at radius 1 is 1.33 bits per heavy atom. The highest BCUT2D eigenvalue weighted by molar-refractivity contribution is 14.0. The average Bonchev–Trinajstić information content (AvgIpc) is 2.40. The van der Waals surface area contributed by atoms with E-state index in [1.165, 1.54) is 0 Å². The Bertz CT molecular complexity index is 471. The molecule has 0 fully saturated rings. The van der Waals surface area contributed by atoms with Crippen LogP contribution in [0.25, 0.3) is 0 Å². The van der Waals surface area contributed by atoms with Crippen LogP contribution >= 0.6 is 24.0 Å². The fourth-order valence-electron chi connectivity index (χ4n) is 1.82. The van der Waals surface area contributed by atoms with Gasteiger partial charge in [-0.25, -0.2) is 0 Å². The first-order valence-corrected chi connectivity index (χ1v) is 7.33. The first-order valence-electron chi connectivity index (χ1n) is 7.33. The maximum atomic E-state index is 11.5. The molecule has 0 amide bonds. The van der Waals surface area contributed by atoms with E-state index in [2.05, 4.69) is 36.4 Å². The van der Waals surface area contributed by atoms with Crippen molar-refractivity contribution in [2.45, 2.75) is 46.2 Å². The van der Waals surface area contributed by atoms with E-state index in [0.717, 1.165) is 38.4 Å². The summed E-state index contributed by atoms with van der Waals surface area (Å²) in [7, 11) is 0. The third kappa shape index (κ3) is 8.75. The quantitative estimate of drug-likeness (QED) is 0.316. The van der Waals surface area contributed by atoms with Gasteiger partial charge in [0.1, 0.15) is 0 Å². The molecule has 0 aliphatic heterocycles. The average molecular weight is 406 g/mol. The van der Waals surface area contributed by atoms with Crippen LogP contribution in [0.4, 0.5) is 0 Å². The summed E-state index contributed by atoms with van der Waals surface area (Å²) in [5, 5.41) is 6.50. The van der Waals surface area contributed by atoms with Gasteiger partial charge in [0.15, 0.2) is 5.96 Å². The number of guanidine groups is 1. The Morgan fingerprint density at radius 3 is 2.71 bits per heavy atom. The molecule has 0 bridgehead atoms. The van der Waals surface area contributed by atoms with Crippen LogP contribution < -0.4 is 16.2 Å². The van der Waals surface area contributed by atoms with E-state index in [4.69, 9.17) is 0 Å². The molecule has 0 aromatic carbocycles. The predicted molar refractivity (Wildman–Crippen MR) is 99.6 cm³/mol. The summed E-state index contributed by atoms with van der Waals surface area (Å²) in [5.41, 5.74) is 0.0609. The monoisotopic (exact) mass is 406 g/mol. The molecular weight excluding hydrogens is 379 g/mol. The van der Waals surface area contributed by atoms with Gasteiger partial charge in [0.2, 0.25) is 5.56 Å². The van der Waals surface area contributed by atoms with Crippen LogP contribution in [-0.2, 0) is 6.54 Å². The van der Waals surface area contributed by atoms with Crippen molar-refractivity contribution in [3.05, 3.63) is 34.7 Å². The summed E-state index contributed by atoms with van der Waals surface area (Å²) in [5.74, 6) is 0.861. The second-order valence-corrected chi connectivity index (χ2v) is 5.00. The molecule has 1 aromatic rings. The van der Waals surface area contributed by atoms with Crippen LogP contribution in [0.1, 0.15) is 33.6 Å². The molecule has 0 radical (unpaired) electrons. The maximum absolute atomic E-state index is 11.5. The van der Waals surface area contributed by atoms with Gasteiger partial charge in [0, 0.05) is 37.9 Å². The highest BCUT2D eigenvalue weighted by Gasteiger charge is 1.99. The molecule has 1 rings (SSSR count). The molecule has 1 heterocycles. The Labute approximate surface area is 144 Å². The van der Waals surface area contributed by atoms with Crippen molar-refractivity contribution in [2.75, 3.05) is 13.1 Å². The summed E-state index contributed by atoms with van der Waals surface area (Å²) in [6.07, 6.45) is 3.75. The summed E-state index contributed by atoms with van der Waals surface area (Å²) in [6.45, 7) is 8.62. The summed E-state index contributed by atoms with van der Waals surface area (Å²) in [6, 6.07) is 5.61.